The SMILES string of the molecule is COC(=O)C[C@H]1C(=O)N(CC(=O)O)CCN1C(=O)[C@@H](CC(=O)N1CCN(c2ccncc2)CC1)NC(=O)OCOC(=O)c1cccnc1. The van der Waals surface area contributed by atoms with Crippen molar-refractivity contribution in [1.82, 2.24) is 30.0 Å². The summed E-state index contributed by atoms with van der Waals surface area (Å²) >= 11 is 0. The fourth-order valence-corrected chi connectivity index (χ4v) is 5.22. The van der Waals surface area contributed by atoms with Crippen molar-refractivity contribution < 1.29 is 52.9 Å². The highest BCUT2D eigenvalue weighted by atomic mass is 16.7. The summed E-state index contributed by atoms with van der Waals surface area (Å²) in [4.78, 5) is 103. The third-order valence-corrected chi connectivity index (χ3v) is 7.69. The first-order chi connectivity index (χ1) is 23.1. The maximum atomic E-state index is 14.0. The Morgan fingerprint density at radius 3 is 2.33 bits per heavy atom. The van der Waals surface area contributed by atoms with Crippen LogP contribution in [-0.4, -0.2) is 143 Å². The molecule has 2 aromatic rings. The van der Waals surface area contributed by atoms with E-state index in [2.05, 4.69) is 24.9 Å². The number of nitrogens with zero attached hydrogens (tertiary/aromatic N) is 6. The molecule has 48 heavy (non-hydrogen) atoms. The fraction of sp³-hybridized carbons (Fsp3) is 0.433. The Morgan fingerprint density at radius 2 is 1.69 bits per heavy atom. The lowest BCUT2D eigenvalue weighted by Gasteiger charge is -2.41. The average Bonchev–Trinajstić information content (AvgIpc) is 3.10. The van der Waals surface area contributed by atoms with Gasteiger partial charge in [-0.05, 0) is 24.3 Å². The van der Waals surface area contributed by atoms with Gasteiger partial charge in [0.05, 0.1) is 25.5 Å². The third-order valence-electron chi connectivity index (χ3n) is 7.69. The Morgan fingerprint density at radius 1 is 0.958 bits per heavy atom. The Kier molecular flexibility index (Phi) is 12.2. The summed E-state index contributed by atoms with van der Waals surface area (Å²) in [6.07, 6.45) is 3.69. The van der Waals surface area contributed by atoms with Gasteiger partial charge in [-0.2, -0.15) is 0 Å². The third kappa shape index (κ3) is 9.36. The number of amides is 4. The number of carbonyl (C=O) groups is 7. The van der Waals surface area contributed by atoms with E-state index in [4.69, 9.17) is 9.47 Å². The lowest BCUT2D eigenvalue weighted by molar-refractivity contribution is -0.160. The van der Waals surface area contributed by atoms with Crippen molar-refractivity contribution in [3.05, 3.63) is 54.6 Å². The number of hydrogen-bond acceptors (Lipinski definition) is 13. The number of carboxylic acids is 1. The highest BCUT2D eigenvalue weighted by Gasteiger charge is 2.42. The molecule has 0 aliphatic carbocycles. The molecular weight excluding hydrogens is 634 g/mol. The zero-order valence-corrected chi connectivity index (χ0v) is 26.1. The Bertz CT molecular complexity index is 1490. The molecule has 2 N–H and O–H groups in total. The summed E-state index contributed by atoms with van der Waals surface area (Å²) in [6.45, 7) is -0.255. The molecule has 0 bridgehead atoms. The monoisotopic (exact) mass is 669 g/mol. The van der Waals surface area contributed by atoms with E-state index in [0.29, 0.717) is 26.2 Å². The van der Waals surface area contributed by atoms with Crippen LogP contribution in [0.2, 0.25) is 0 Å². The van der Waals surface area contributed by atoms with E-state index in [1.807, 2.05) is 12.1 Å². The van der Waals surface area contributed by atoms with Crippen LogP contribution in [-0.2, 0) is 38.2 Å². The van der Waals surface area contributed by atoms with Crippen LogP contribution in [0.25, 0.3) is 0 Å². The Hall–Kier alpha value is -5.81. The van der Waals surface area contributed by atoms with Gasteiger partial charge in [0, 0.05) is 69.7 Å². The first kappa shape index (κ1) is 35.1. The number of aliphatic carboxylic acids is 1. The maximum absolute atomic E-state index is 14.0. The molecule has 18 nitrogen and oxygen atoms in total. The molecule has 0 saturated carbocycles. The molecule has 2 aliphatic rings. The first-order valence-corrected chi connectivity index (χ1v) is 14.9. The summed E-state index contributed by atoms with van der Waals surface area (Å²) in [5.41, 5.74) is 1.04. The number of carboxylic acid groups (broad SMARTS) is 1. The number of rotatable bonds is 12. The molecule has 18 heteroatoms. The van der Waals surface area contributed by atoms with Crippen molar-refractivity contribution in [3.63, 3.8) is 0 Å². The molecule has 2 aliphatic heterocycles. The van der Waals surface area contributed by atoms with Crippen molar-refractivity contribution in [3.8, 4) is 0 Å². The van der Waals surface area contributed by atoms with Crippen LogP contribution < -0.4 is 10.2 Å². The molecule has 0 unspecified atom stereocenters. The number of aromatic nitrogens is 2. The summed E-state index contributed by atoms with van der Waals surface area (Å²) < 4.78 is 14.6. The minimum Gasteiger partial charge on any atom is -0.480 e. The van der Waals surface area contributed by atoms with Gasteiger partial charge in [0.1, 0.15) is 18.6 Å². The van der Waals surface area contributed by atoms with Crippen LogP contribution in [0.1, 0.15) is 23.2 Å². The summed E-state index contributed by atoms with van der Waals surface area (Å²) in [5.74, 6) is -5.14. The predicted molar refractivity (Wildman–Crippen MR) is 162 cm³/mol. The van der Waals surface area contributed by atoms with E-state index in [0.717, 1.165) is 22.6 Å². The van der Waals surface area contributed by atoms with E-state index >= 15 is 0 Å². The van der Waals surface area contributed by atoms with Crippen molar-refractivity contribution in [2.45, 2.75) is 24.9 Å². The van der Waals surface area contributed by atoms with Crippen molar-refractivity contribution in [2.24, 2.45) is 0 Å². The van der Waals surface area contributed by atoms with Crippen LogP contribution in [0, 0.1) is 0 Å². The van der Waals surface area contributed by atoms with Gasteiger partial charge in [0.15, 0.2) is 0 Å². The van der Waals surface area contributed by atoms with Crippen LogP contribution in [0.3, 0.4) is 0 Å². The van der Waals surface area contributed by atoms with Gasteiger partial charge < -0.3 is 44.2 Å². The van der Waals surface area contributed by atoms with Crippen LogP contribution in [0.4, 0.5) is 10.5 Å². The van der Waals surface area contributed by atoms with Gasteiger partial charge in [0.25, 0.3) is 0 Å². The summed E-state index contributed by atoms with van der Waals surface area (Å²) in [6, 6.07) is 3.61. The number of piperazine rings is 2. The topological polar surface area (TPSA) is 218 Å². The van der Waals surface area contributed by atoms with Crippen LogP contribution >= 0.6 is 0 Å². The van der Waals surface area contributed by atoms with E-state index in [1.54, 1.807) is 12.4 Å². The number of anilines is 1. The Labute approximate surface area is 274 Å². The molecule has 2 fully saturated rings. The van der Waals surface area contributed by atoms with Gasteiger partial charge in [0.2, 0.25) is 24.5 Å². The first-order valence-electron chi connectivity index (χ1n) is 14.9. The largest absolute Gasteiger partial charge is 0.480 e. The number of ether oxygens (including phenoxy) is 3. The quantitative estimate of drug-likeness (QED) is 0.207. The van der Waals surface area contributed by atoms with Crippen molar-refractivity contribution in [2.75, 3.05) is 64.6 Å². The zero-order chi connectivity index (χ0) is 34.6. The molecule has 2 atom stereocenters. The van der Waals surface area contributed by atoms with E-state index in [9.17, 15) is 38.7 Å². The highest BCUT2D eigenvalue weighted by Crippen LogP contribution is 2.20. The maximum Gasteiger partial charge on any atom is 0.410 e. The standard InChI is InChI=1S/C30H35N7O11/c1-46-26(41)16-23-28(43)36(18-25(39)40)13-14-37(23)27(42)22(33-30(45)48-19-47-29(44)20-3-2-6-32-17-20)15-24(38)35-11-9-34(10-12-35)21-4-7-31-8-5-21/h2-8,17,22-23H,9-16,18-19H2,1H3,(H,33,45)(H,39,40)/t22-,23+/m1/s1. The van der Waals surface area contributed by atoms with Crippen molar-refractivity contribution >= 4 is 47.4 Å². The summed E-state index contributed by atoms with van der Waals surface area (Å²) in [5, 5.41) is 11.5. The molecule has 4 rings (SSSR count). The number of esters is 2. The highest BCUT2D eigenvalue weighted by molar-refractivity contribution is 5.97. The number of alkyl carbamates (subject to hydrolysis) is 1. The second-order valence-electron chi connectivity index (χ2n) is 10.7. The molecule has 2 saturated heterocycles. The van der Waals surface area contributed by atoms with Gasteiger partial charge >= 0.3 is 24.0 Å². The van der Waals surface area contributed by atoms with Gasteiger partial charge in [-0.3, -0.25) is 33.9 Å². The average molecular weight is 670 g/mol. The molecule has 0 spiro atoms. The van der Waals surface area contributed by atoms with Gasteiger partial charge in [-0.15, -0.1) is 0 Å². The lowest BCUT2D eigenvalue weighted by Crippen LogP contribution is -2.63. The number of nitrogens with one attached hydrogen (secondary N) is 1. The minimum atomic E-state index is -1.57. The summed E-state index contributed by atoms with van der Waals surface area (Å²) in [7, 11) is 1.09. The smallest absolute Gasteiger partial charge is 0.410 e. The van der Waals surface area contributed by atoms with Crippen molar-refractivity contribution in [1.29, 1.82) is 0 Å². The van der Waals surface area contributed by atoms with E-state index in [-0.39, 0.29) is 18.7 Å². The molecule has 4 amide bonds. The number of pyridine rings is 2. The lowest BCUT2D eigenvalue weighted by atomic mass is 10.0. The zero-order valence-electron chi connectivity index (χ0n) is 26.1. The second-order valence-corrected chi connectivity index (χ2v) is 10.7. The number of carbonyl (C=O) groups excluding carboxylic acids is 6. The normalized spacial score (nSPS) is 16.9. The van der Waals surface area contributed by atoms with E-state index in [1.165, 1.54) is 29.4 Å². The molecule has 0 aromatic carbocycles. The van der Waals surface area contributed by atoms with Gasteiger partial charge in [-0.25, -0.2) is 9.59 Å². The van der Waals surface area contributed by atoms with Gasteiger partial charge in [-0.1, -0.05) is 0 Å². The molecule has 0 radical (unpaired) electrons. The minimum absolute atomic E-state index is 0.104. The number of methoxy groups -OCH3 is 1. The van der Waals surface area contributed by atoms with Crippen LogP contribution in [0.15, 0.2) is 49.1 Å². The second kappa shape index (κ2) is 16.7. The molecule has 2 aromatic heterocycles. The predicted octanol–water partition coefficient (Wildman–Crippen LogP) is -0.888. The molecule has 4 heterocycles. The van der Waals surface area contributed by atoms with Crippen LogP contribution in [0.5, 0.6) is 0 Å². The molecular formula is C30H35N7O11. The fourth-order valence-electron chi connectivity index (χ4n) is 5.22. The molecule has 256 valence electrons. The Balaban J connectivity index is 1.47. The number of hydrogen-bond donors (Lipinski definition) is 2. The van der Waals surface area contributed by atoms with E-state index < -0.39 is 80.0 Å².